The molecule has 1 amide bonds. The monoisotopic (exact) mass is 369 g/mol. The summed E-state index contributed by atoms with van der Waals surface area (Å²) in [7, 11) is 1.57. The molecule has 0 radical (unpaired) electrons. The molecular formula is C18H19N5O2S. The van der Waals surface area contributed by atoms with Crippen molar-refractivity contribution in [3.05, 3.63) is 48.8 Å². The van der Waals surface area contributed by atoms with Crippen LogP contribution in [0.15, 0.2) is 53.9 Å². The summed E-state index contributed by atoms with van der Waals surface area (Å²) >= 11 is 1.34. The fraction of sp³-hybridized carbons (Fsp3) is 0.222. The maximum absolute atomic E-state index is 12.3. The van der Waals surface area contributed by atoms with Gasteiger partial charge in [0, 0.05) is 24.5 Å². The zero-order chi connectivity index (χ0) is 18.4. The first-order valence-corrected chi connectivity index (χ1v) is 9.10. The standard InChI is InChI=1S/C18H19N5O2S/c1-3-23-17(13-7-6-10-19-11-13)21-22-18(23)26-12-16(24)20-14-8-4-5-9-15(14)25-2/h4-11H,3,12H2,1-2H3,(H,20,24). The van der Waals surface area contributed by atoms with Crippen LogP contribution in [0.2, 0.25) is 0 Å². The minimum Gasteiger partial charge on any atom is -0.495 e. The van der Waals surface area contributed by atoms with Crippen molar-refractivity contribution in [1.29, 1.82) is 0 Å². The second-order valence-electron chi connectivity index (χ2n) is 5.33. The van der Waals surface area contributed by atoms with Crippen molar-refractivity contribution >= 4 is 23.4 Å². The number of benzene rings is 1. The number of nitrogens with zero attached hydrogens (tertiary/aromatic N) is 4. The number of aromatic nitrogens is 4. The summed E-state index contributed by atoms with van der Waals surface area (Å²) < 4.78 is 7.21. The van der Waals surface area contributed by atoms with Crippen molar-refractivity contribution in [2.45, 2.75) is 18.6 Å². The fourth-order valence-corrected chi connectivity index (χ4v) is 3.26. The molecule has 3 aromatic rings. The molecule has 1 N–H and O–H groups in total. The van der Waals surface area contributed by atoms with Gasteiger partial charge in [-0.3, -0.25) is 9.78 Å². The van der Waals surface area contributed by atoms with Gasteiger partial charge in [0.2, 0.25) is 5.91 Å². The maximum Gasteiger partial charge on any atom is 0.234 e. The number of ether oxygens (including phenoxy) is 1. The molecule has 1 aromatic carbocycles. The number of methoxy groups -OCH3 is 1. The highest BCUT2D eigenvalue weighted by atomic mass is 32.2. The maximum atomic E-state index is 12.3. The third kappa shape index (κ3) is 4.02. The van der Waals surface area contributed by atoms with Crippen molar-refractivity contribution in [1.82, 2.24) is 19.7 Å². The number of pyridine rings is 1. The van der Waals surface area contributed by atoms with Crippen LogP contribution in [0.4, 0.5) is 5.69 Å². The van der Waals surface area contributed by atoms with E-state index in [0.717, 1.165) is 11.4 Å². The lowest BCUT2D eigenvalue weighted by molar-refractivity contribution is -0.113. The topological polar surface area (TPSA) is 81.9 Å². The average Bonchev–Trinajstić information content (AvgIpc) is 3.10. The smallest absolute Gasteiger partial charge is 0.234 e. The Hall–Kier alpha value is -2.87. The van der Waals surface area contributed by atoms with Crippen molar-refractivity contribution in [3.63, 3.8) is 0 Å². The number of rotatable bonds is 7. The van der Waals surface area contributed by atoms with Gasteiger partial charge < -0.3 is 14.6 Å². The van der Waals surface area contributed by atoms with Crippen LogP contribution in [0.1, 0.15) is 6.92 Å². The van der Waals surface area contributed by atoms with Crippen LogP contribution < -0.4 is 10.1 Å². The molecule has 0 spiro atoms. The van der Waals surface area contributed by atoms with Gasteiger partial charge in [0.25, 0.3) is 0 Å². The molecule has 0 atom stereocenters. The van der Waals surface area contributed by atoms with Crippen molar-refractivity contribution in [3.8, 4) is 17.1 Å². The van der Waals surface area contributed by atoms with E-state index in [4.69, 9.17) is 4.74 Å². The van der Waals surface area contributed by atoms with Crippen LogP contribution >= 0.6 is 11.8 Å². The number of anilines is 1. The molecule has 7 nitrogen and oxygen atoms in total. The number of thioether (sulfide) groups is 1. The predicted octanol–water partition coefficient (Wildman–Crippen LogP) is 3.10. The molecule has 0 bridgehead atoms. The summed E-state index contributed by atoms with van der Waals surface area (Å²) in [6, 6.07) is 11.1. The molecule has 2 aromatic heterocycles. The van der Waals surface area contributed by atoms with Gasteiger partial charge in [0.15, 0.2) is 11.0 Å². The summed E-state index contributed by atoms with van der Waals surface area (Å²) in [5.74, 6) is 1.46. The number of para-hydroxylation sites is 2. The highest BCUT2D eigenvalue weighted by Gasteiger charge is 2.15. The second-order valence-corrected chi connectivity index (χ2v) is 6.27. The second kappa shape index (κ2) is 8.48. The third-order valence-corrected chi connectivity index (χ3v) is 4.63. The lowest BCUT2D eigenvalue weighted by atomic mass is 10.3. The van der Waals surface area contributed by atoms with Gasteiger partial charge in [0.05, 0.1) is 18.6 Å². The quantitative estimate of drug-likeness (QED) is 0.645. The Morgan fingerprint density at radius 2 is 2.08 bits per heavy atom. The number of hydrogen-bond donors (Lipinski definition) is 1. The lowest BCUT2D eigenvalue weighted by Gasteiger charge is -2.10. The Kier molecular flexibility index (Phi) is 5.85. The Balaban J connectivity index is 1.68. The molecule has 0 fully saturated rings. The summed E-state index contributed by atoms with van der Waals surface area (Å²) in [4.78, 5) is 16.4. The number of carbonyl (C=O) groups excluding carboxylic acids is 1. The Labute approximate surface area is 155 Å². The van der Waals surface area contributed by atoms with Crippen LogP contribution in [-0.4, -0.2) is 38.5 Å². The van der Waals surface area contributed by atoms with Gasteiger partial charge in [0.1, 0.15) is 5.75 Å². The summed E-state index contributed by atoms with van der Waals surface area (Å²) in [6.45, 7) is 2.72. The third-order valence-electron chi connectivity index (χ3n) is 3.67. The molecule has 0 aliphatic heterocycles. The molecule has 3 rings (SSSR count). The number of amides is 1. The Bertz CT molecular complexity index is 882. The zero-order valence-corrected chi connectivity index (χ0v) is 15.4. The van der Waals surface area contributed by atoms with E-state index in [1.165, 1.54) is 11.8 Å². The number of carbonyl (C=O) groups is 1. The van der Waals surface area contributed by atoms with Crippen LogP contribution in [0.5, 0.6) is 5.75 Å². The zero-order valence-electron chi connectivity index (χ0n) is 14.5. The highest BCUT2D eigenvalue weighted by Crippen LogP contribution is 2.25. The van der Waals surface area contributed by atoms with Gasteiger partial charge in [-0.15, -0.1) is 10.2 Å². The van der Waals surface area contributed by atoms with Gasteiger partial charge in [-0.1, -0.05) is 23.9 Å². The van der Waals surface area contributed by atoms with E-state index < -0.39 is 0 Å². The van der Waals surface area contributed by atoms with Gasteiger partial charge >= 0.3 is 0 Å². The highest BCUT2D eigenvalue weighted by molar-refractivity contribution is 7.99. The van der Waals surface area contributed by atoms with E-state index in [0.29, 0.717) is 23.1 Å². The molecule has 0 aliphatic rings. The number of nitrogens with one attached hydrogen (secondary N) is 1. The molecule has 0 saturated carbocycles. The number of hydrogen-bond acceptors (Lipinski definition) is 6. The Morgan fingerprint density at radius 1 is 1.23 bits per heavy atom. The molecule has 134 valence electrons. The van der Waals surface area contributed by atoms with Crippen molar-refractivity contribution in [2.24, 2.45) is 0 Å². The van der Waals surface area contributed by atoms with E-state index in [1.54, 1.807) is 31.6 Å². The normalized spacial score (nSPS) is 10.5. The molecule has 0 unspecified atom stereocenters. The Morgan fingerprint density at radius 3 is 2.81 bits per heavy atom. The van der Waals surface area contributed by atoms with Crippen LogP contribution in [0.25, 0.3) is 11.4 Å². The lowest BCUT2D eigenvalue weighted by Crippen LogP contribution is -2.15. The SMILES string of the molecule is CCn1c(SCC(=O)Nc2ccccc2OC)nnc1-c1cccnc1. The van der Waals surface area contributed by atoms with Crippen LogP contribution in [0.3, 0.4) is 0 Å². The first-order valence-electron chi connectivity index (χ1n) is 8.12. The molecule has 8 heteroatoms. The first kappa shape index (κ1) is 17.9. The van der Waals surface area contributed by atoms with Crippen molar-refractivity contribution < 1.29 is 9.53 Å². The predicted molar refractivity (Wildman–Crippen MR) is 101 cm³/mol. The van der Waals surface area contributed by atoms with Gasteiger partial charge in [-0.05, 0) is 31.2 Å². The van der Waals surface area contributed by atoms with E-state index in [2.05, 4.69) is 20.5 Å². The van der Waals surface area contributed by atoms with Gasteiger partial charge in [-0.25, -0.2) is 0 Å². The van der Waals surface area contributed by atoms with E-state index in [-0.39, 0.29) is 11.7 Å². The summed E-state index contributed by atoms with van der Waals surface area (Å²) in [5, 5.41) is 12.0. The van der Waals surface area contributed by atoms with Gasteiger partial charge in [-0.2, -0.15) is 0 Å². The molecule has 0 aliphatic carbocycles. The summed E-state index contributed by atoms with van der Waals surface area (Å²) in [5.41, 5.74) is 1.54. The largest absolute Gasteiger partial charge is 0.495 e. The molecule has 26 heavy (non-hydrogen) atoms. The average molecular weight is 369 g/mol. The fourth-order valence-electron chi connectivity index (χ4n) is 2.45. The van der Waals surface area contributed by atoms with E-state index >= 15 is 0 Å². The molecule has 0 saturated heterocycles. The molecule has 2 heterocycles. The van der Waals surface area contributed by atoms with Crippen LogP contribution in [-0.2, 0) is 11.3 Å². The summed E-state index contributed by atoms with van der Waals surface area (Å²) in [6.07, 6.45) is 3.47. The van der Waals surface area contributed by atoms with Crippen LogP contribution in [0, 0.1) is 0 Å². The minimum atomic E-state index is -0.131. The molecular weight excluding hydrogens is 350 g/mol. The first-order chi connectivity index (χ1) is 12.7. The van der Waals surface area contributed by atoms with E-state index in [1.807, 2.05) is 35.8 Å². The van der Waals surface area contributed by atoms with Crippen molar-refractivity contribution in [2.75, 3.05) is 18.2 Å². The minimum absolute atomic E-state index is 0.131. The van der Waals surface area contributed by atoms with E-state index in [9.17, 15) is 4.79 Å².